The van der Waals surface area contributed by atoms with Crippen LogP contribution in [-0.2, 0) is 11.2 Å². The summed E-state index contributed by atoms with van der Waals surface area (Å²) in [6.45, 7) is 0. The van der Waals surface area contributed by atoms with Gasteiger partial charge in [0.25, 0.3) is 0 Å². The molecule has 3 rings (SSSR count). The van der Waals surface area contributed by atoms with Crippen LogP contribution in [0.3, 0.4) is 0 Å². The summed E-state index contributed by atoms with van der Waals surface area (Å²) in [6, 6.07) is 11.3. The molecule has 0 atom stereocenters. The van der Waals surface area contributed by atoms with E-state index in [4.69, 9.17) is 0 Å². The molecule has 0 saturated heterocycles. The van der Waals surface area contributed by atoms with Gasteiger partial charge in [0.1, 0.15) is 5.75 Å². The van der Waals surface area contributed by atoms with Crippen LogP contribution in [0.2, 0.25) is 0 Å². The summed E-state index contributed by atoms with van der Waals surface area (Å²) in [4.78, 5) is 11.3. The average Bonchev–Trinajstić information content (AvgIpc) is 2.46. The Labute approximate surface area is 124 Å². The maximum atomic E-state index is 12.1. The highest BCUT2D eigenvalue weighted by Crippen LogP contribution is 2.30. The van der Waals surface area contributed by atoms with Crippen molar-refractivity contribution in [2.24, 2.45) is 0 Å². The molecule has 6 heteroatoms. The molecule has 1 aliphatic heterocycles. The van der Waals surface area contributed by atoms with Crippen molar-refractivity contribution in [1.82, 2.24) is 0 Å². The number of nitrogens with one attached hydrogen (secondary N) is 1. The van der Waals surface area contributed by atoms with Crippen LogP contribution in [0.15, 0.2) is 42.5 Å². The standard InChI is InChI=1S/C16H12F3NO2/c17-16(18,19)22-13-5-1-10(2-6-13)11-3-7-14-12(9-11)4-8-15(21)20-14/h1-3,5-7,9H,4,8H2,(H,20,21). The van der Waals surface area contributed by atoms with Crippen LogP contribution in [-0.4, -0.2) is 12.3 Å². The van der Waals surface area contributed by atoms with Crippen molar-refractivity contribution in [2.75, 3.05) is 5.32 Å². The Kier molecular flexibility index (Phi) is 3.52. The smallest absolute Gasteiger partial charge is 0.406 e. The number of hydrogen-bond donors (Lipinski definition) is 1. The molecular weight excluding hydrogens is 295 g/mol. The number of ether oxygens (including phenoxy) is 1. The third kappa shape index (κ3) is 3.21. The predicted molar refractivity (Wildman–Crippen MR) is 75.5 cm³/mol. The molecule has 0 spiro atoms. The molecule has 0 fully saturated rings. The zero-order chi connectivity index (χ0) is 15.7. The molecule has 22 heavy (non-hydrogen) atoms. The maximum Gasteiger partial charge on any atom is 0.573 e. The summed E-state index contributed by atoms with van der Waals surface area (Å²) >= 11 is 0. The largest absolute Gasteiger partial charge is 0.573 e. The second-order valence-electron chi connectivity index (χ2n) is 4.99. The van der Waals surface area contributed by atoms with E-state index in [1.165, 1.54) is 12.1 Å². The summed E-state index contributed by atoms with van der Waals surface area (Å²) in [5.74, 6) is -0.254. The molecule has 0 aromatic heterocycles. The molecule has 3 nitrogen and oxygen atoms in total. The van der Waals surface area contributed by atoms with Crippen LogP contribution >= 0.6 is 0 Å². The molecular formula is C16H12F3NO2. The SMILES string of the molecule is O=C1CCc2cc(-c3ccc(OC(F)(F)F)cc3)ccc2N1. The van der Waals surface area contributed by atoms with E-state index < -0.39 is 6.36 Å². The first-order chi connectivity index (χ1) is 10.4. The molecule has 1 amide bonds. The van der Waals surface area contributed by atoms with Crippen LogP contribution < -0.4 is 10.1 Å². The average molecular weight is 307 g/mol. The van der Waals surface area contributed by atoms with E-state index in [2.05, 4.69) is 10.1 Å². The zero-order valence-electron chi connectivity index (χ0n) is 11.4. The summed E-state index contributed by atoms with van der Waals surface area (Å²) in [7, 11) is 0. The molecule has 1 aliphatic rings. The summed E-state index contributed by atoms with van der Waals surface area (Å²) in [5, 5.41) is 2.79. The Balaban J connectivity index is 1.84. The third-order valence-corrected chi connectivity index (χ3v) is 3.42. The van der Waals surface area contributed by atoms with Gasteiger partial charge in [0.05, 0.1) is 0 Å². The molecule has 0 saturated carbocycles. The molecule has 0 radical (unpaired) electrons. The monoisotopic (exact) mass is 307 g/mol. The lowest BCUT2D eigenvalue weighted by atomic mass is 9.97. The van der Waals surface area contributed by atoms with Gasteiger partial charge in [-0.15, -0.1) is 13.2 Å². The lowest BCUT2D eigenvalue weighted by Crippen LogP contribution is -2.18. The molecule has 2 aromatic rings. The lowest BCUT2D eigenvalue weighted by Gasteiger charge is -2.17. The van der Waals surface area contributed by atoms with Crippen LogP contribution in [0.5, 0.6) is 5.75 Å². The van der Waals surface area contributed by atoms with E-state index >= 15 is 0 Å². The molecule has 1 heterocycles. The fourth-order valence-electron chi connectivity index (χ4n) is 2.41. The van der Waals surface area contributed by atoms with Gasteiger partial charge in [-0.2, -0.15) is 0 Å². The highest BCUT2D eigenvalue weighted by molar-refractivity contribution is 5.94. The van der Waals surface area contributed by atoms with Crippen molar-refractivity contribution in [1.29, 1.82) is 0 Å². The van der Waals surface area contributed by atoms with Gasteiger partial charge in [-0.3, -0.25) is 4.79 Å². The number of carbonyl (C=O) groups excluding carboxylic acids is 1. The van der Waals surface area contributed by atoms with Crippen LogP contribution in [0.25, 0.3) is 11.1 Å². The first-order valence-corrected chi connectivity index (χ1v) is 6.70. The summed E-state index contributed by atoms with van der Waals surface area (Å²) < 4.78 is 40.2. The highest BCUT2D eigenvalue weighted by atomic mass is 19.4. The van der Waals surface area contributed by atoms with Gasteiger partial charge in [0.2, 0.25) is 5.91 Å². The van der Waals surface area contributed by atoms with Gasteiger partial charge in [0.15, 0.2) is 0 Å². The van der Waals surface area contributed by atoms with E-state index in [1.54, 1.807) is 12.1 Å². The van der Waals surface area contributed by atoms with Crippen molar-refractivity contribution in [3.05, 3.63) is 48.0 Å². The molecule has 114 valence electrons. The van der Waals surface area contributed by atoms with Crippen molar-refractivity contribution < 1.29 is 22.7 Å². The first kappa shape index (κ1) is 14.4. The van der Waals surface area contributed by atoms with Crippen LogP contribution in [0.1, 0.15) is 12.0 Å². The van der Waals surface area contributed by atoms with Crippen molar-refractivity contribution in [3.8, 4) is 16.9 Å². The van der Waals surface area contributed by atoms with Gasteiger partial charge in [-0.05, 0) is 47.4 Å². The Morgan fingerprint density at radius 2 is 1.64 bits per heavy atom. The number of anilines is 1. The quantitative estimate of drug-likeness (QED) is 0.905. The molecule has 1 N–H and O–H groups in total. The van der Waals surface area contributed by atoms with Crippen LogP contribution in [0, 0.1) is 0 Å². The van der Waals surface area contributed by atoms with Crippen molar-refractivity contribution in [3.63, 3.8) is 0 Å². The van der Waals surface area contributed by atoms with E-state index in [-0.39, 0.29) is 11.7 Å². The topological polar surface area (TPSA) is 38.3 Å². The Morgan fingerprint density at radius 3 is 2.32 bits per heavy atom. The molecule has 0 aliphatic carbocycles. The van der Waals surface area contributed by atoms with Gasteiger partial charge >= 0.3 is 6.36 Å². The summed E-state index contributed by atoms with van der Waals surface area (Å²) in [5.41, 5.74) is 3.48. The number of alkyl halides is 3. The Bertz CT molecular complexity index is 708. The van der Waals surface area contributed by atoms with Crippen molar-refractivity contribution in [2.45, 2.75) is 19.2 Å². The molecule has 2 aromatic carbocycles. The first-order valence-electron chi connectivity index (χ1n) is 6.70. The second-order valence-corrected chi connectivity index (χ2v) is 4.99. The number of benzene rings is 2. The molecule has 0 bridgehead atoms. The maximum absolute atomic E-state index is 12.1. The number of carbonyl (C=O) groups is 1. The number of hydrogen-bond acceptors (Lipinski definition) is 2. The van der Waals surface area contributed by atoms with Gasteiger partial charge < -0.3 is 10.1 Å². The predicted octanol–water partition coefficient (Wildman–Crippen LogP) is 4.14. The van der Waals surface area contributed by atoms with Crippen molar-refractivity contribution >= 4 is 11.6 Å². The van der Waals surface area contributed by atoms with Gasteiger partial charge in [0, 0.05) is 12.1 Å². The van der Waals surface area contributed by atoms with E-state index in [0.29, 0.717) is 12.8 Å². The van der Waals surface area contributed by atoms with Gasteiger partial charge in [-0.25, -0.2) is 0 Å². The Morgan fingerprint density at radius 1 is 0.955 bits per heavy atom. The number of aryl methyl sites for hydroxylation is 1. The minimum absolute atomic E-state index is 0.00565. The number of halogens is 3. The number of amides is 1. The van der Waals surface area contributed by atoms with Crippen LogP contribution in [0.4, 0.5) is 18.9 Å². The number of rotatable bonds is 2. The lowest BCUT2D eigenvalue weighted by molar-refractivity contribution is -0.274. The minimum Gasteiger partial charge on any atom is -0.406 e. The fourth-order valence-corrected chi connectivity index (χ4v) is 2.41. The summed E-state index contributed by atoms with van der Waals surface area (Å²) in [6.07, 6.45) is -3.59. The van der Waals surface area contributed by atoms with Gasteiger partial charge in [-0.1, -0.05) is 18.2 Å². The van der Waals surface area contributed by atoms with E-state index in [0.717, 1.165) is 22.4 Å². The van der Waals surface area contributed by atoms with E-state index in [9.17, 15) is 18.0 Å². The van der Waals surface area contributed by atoms with E-state index in [1.807, 2.05) is 18.2 Å². The zero-order valence-corrected chi connectivity index (χ0v) is 11.4. The molecule has 0 unspecified atom stereocenters. The second kappa shape index (κ2) is 5.36. The normalized spacial score (nSPS) is 14.2. The highest BCUT2D eigenvalue weighted by Gasteiger charge is 2.30. The third-order valence-electron chi connectivity index (χ3n) is 3.42. The minimum atomic E-state index is -4.69. The Hall–Kier alpha value is -2.50. The number of fused-ring (bicyclic) bond motifs is 1. The fraction of sp³-hybridized carbons (Fsp3) is 0.188.